The van der Waals surface area contributed by atoms with Crippen LogP contribution < -0.4 is 0 Å². The standard InChI is InChI=1S/C13H16N2O2S/c1-7-6-11(13(16)17-5)9(3)15(7)12-8(2)14-10(4)18-12/h6H,1-5H3. The van der Waals surface area contributed by atoms with Crippen LogP contribution in [-0.4, -0.2) is 22.6 Å². The highest BCUT2D eigenvalue weighted by Crippen LogP contribution is 2.28. The van der Waals surface area contributed by atoms with E-state index in [-0.39, 0.29) is 5.97 Å². The number of thiazole rings is 1. The Hall–Kier alpha value is -1.62. The molecule has 0 aromatic carbocycles. The van der Waals surface area contributed by atoms with Crippen LogP contribution in [-0.2, 0) is 4.74 Å². The zero-order valence-electron chi connectivity index (χ0n) is 11.2. The van der Waals surface area contributed by atoms with E-state index < -0.39 is 0 Å². The summed E-state index contributed by atoms with van der Waals surface area (Å²) < 4.78 is 6.85. The highest BCUT2D eigenvalue weighted by atomic mass is 32.1. The van der Waals surface area contributed by atoms with Crippen molar-refractivity contribution in [3.05, 3.63) is 33.7 Å². The lowest BCUT2D eigenvalue weighted by atomic mass is 10.2. The van der Waals surface area contributed by atoms with Gasteiger partial charge in [-0.25, -0.2) is 9.78 Å². The van der Waals surface area contributed by atoms with Crippen LogP contribution in [0.4, 0.5) is 0 Å². The molecular formula is C13H16N2O2S. The number of esters is 1. The minimum Gasteiger partial charge on any atom is -0.465 e. The second kappa shape index (κ2) is 4.57. The molecule has 2 aromatic heterocycles. The Kier molecular flexibility index (Phi) is 3.26. The Morgan fingerprint density at radius 2 is 2.00 bits per heavy atom. The first-order valence-electron chi connectivity index (χ1n) is 5.67. The van der Waals surface area contributed by atoms with Gasteiger partial charge in [0.05, 0.1) is 23.4 Å². The van der Waals surface area contributed by atoms with Gasteiger partial charge in [0.25, 0.3) is 0 Å². The average Bonchev–Trinajstić information content (AvgIpc) is 2.78. The van der Waals surface area contributed by atoms with Gasteiger partial charge in [-0.15, -0.1) is 11.3 Å². The molecule has 4 nitrogen and oxygen atoms in total. The van der Waals surface area contributed by atoms with E-state index in [0.29, 0.717) is 5.56 Å². The van der Waals surface area contributed by atoms with E-state index in [9.17, 15) is 4.79 Å². The highest BCUT2D eigenvalue weighted by molar-refractivity contribution is 7.14. The first-order valence-corrected chi connectivity index (χ1v) is 6.49. The molecule has 2 aromatic rings. The first-order chi connectivity index (χ1) is 8.45. The second-order valence-electron chi connectivity index (χ2n) is 4.24. The molecule has 0 aliphatic heterocycles. The van der Waals surface area contributed by atoms with E-state index in [2.05, 4.69) is 9.55 Å². The van der Waals surface area contributed by atoms with Crippen LogP contribution in [0.3, 0.4) is 0 Å². The van der Waals surface area contributed by atoms with Crippen LogP contribution in [0, 0.1) is 27.7 Å². The zero-order valence-corrected chi connectivity index (χ0v) is 12.0. The number of aryl methyl sites for hydroxylation is 3. The molecule has 96 valence electrons. The summed E-state index contributed by atoms with van der Waals surface area (Å²) >= 11 is 1.63. The largest absolute Gasteiger partial charge is 0.465 e. The minimum absolute atomic E-state index is 0.298. The molecule has 0 aliphatic carbocycles. The topological polar surface area (TPSA) is 44.1 Å². The van der Waals surface area contributed by atoms with Crippen LogP contribution in [0.5, 0.6) is 0 Å². The van der Waals surface area contributed by atoms with Gasteiger partial charge in [0, 0.05) is 11.4 Å². The summed E-state index contributed by atoms with van der Waals surface area (Å²) in [7, 11) is 1.40. The van der Waals surface area contributed by atoms with Crippen LogP contribution >= 0.6 is 11.3 Å². The first kappa shape index (κ1) is 12.8. The van der Waals surface area contributed by atoms with Crippen LogP contribution in [0.2, 0.25) is 0 Å². The van der Waals surface area contributed by atoms with Gasteiger partial charge in [-0.3, -0.25) is 0 Å². The maximum Gasteiger partial charge on any atom is 0.339 e. The van der Waals surface area contributed by atoms with E-state index in [1.807, 2.05) is 33.8 Å². The molecule has 0 N–H and O–H groups in total. The fourth-order valence-electron chi connectivity index (χ4n) is 2.12. The lowest BCUT2D eigenvalue weighted by Gasteiger charge is -2.07. The third-order valence-corrected chi connectivity index (χ3v) is 3.98. The Labute approximate surface area is 110 Å². The Morgan fingerprint density at radius 3 is 2.50 bits per heavy atom. The van der Waals surface area contributed by atoms with Crippen molar-refractivity contribution in [1.29, 1.82) is 0 Å². The van der Waals surface area contributed by atoms with Crippen molar-refractivity contribution in [3.8, 4) is 5.00 Å². The van der Waals surface area contributed by atoms with Gasteiger partial charge in [0.15, 0.2) is 0 Å². The normalized spacial score (nSPS) is 10.7. The Balaban J connectivity index is 2.62. The van der Waals surface area contributed by atoms with E-state index >= 15 is 0 Å². The SMILES string of the molecule is COC(=O)c1cc(C)n(-c2sc(C)nc2C)c1C. The molecule has 0 saturated carbocycles. The third kappa shape index (κ3) is 1.95. The predicted octanol–water partition coefficient (Wildman–Crippen LogP) is 2.95. The summed E-state index contributed by atoms with van der Waals surface area (Å²) in [5, 5.41) is 2.09. The molecule has 0 atom stereocenters. The number of hydrogen-bond donors (Lipinski definition) is 0. The van der Waals surface area contributed by atoms with Gasteiger partial charge < -0.3 is 9.30 Å². The number of aromatic nitrogens is 2. The van der Waals surface area contributed by atoms with Crippen molar-refractivity contribution in [2.24, 2.45) is 0 Å². The van der Waals surface area contributed by atoms with Gasteiger partial charge in [0.1, 0.15) is 5.00 Å². The summed E-state index contributed by atoms with van der Waals surface area (Å²) in [4.78, 5) is 16.1. The lowest BCUT2D eigenvalue weighted by molar-refractivity contribution is 0.0600. The zero-order chi connectivity index (χ0) is 13.4. The molecule has 2 heterocycles. The fraction of sp³-hybridized carbons (Fsp3) is 0.385. The molecule has 0 spiro atoms. The smallest absolute Gasteiger partial charge is 0.339 e. The monoisotopic (exact) mass is 264 g/mol. The Bertz CT molecular complexity index is 611. The highest BCUT2D eigenvalue weighted by Gasteiger charge is 2.19. The predicted molar refractivity (Wildman–Crippen MR) is 71.7 cm³/mol. The van der Waals surface area contributed by atoms with Crippen molar-refractivity contribution in [2.45, 2.75) is 27.7 Å². The molecule has 18 heavy (non-hydrogen) atoms. The number of ether oxygens (including phenoxy) is 1. The number of carbonyl (C=O) groups is 1. The van der Waals surface area contributed by atoms with Crippen molar-refractivity contribution in [1.82, 2.24) is 9.55 Å². The van der Waals surface area contributed by atoms with Gasteiger partial charge in [-0.2, -0.15) is 0 Å². The number of rotatable bonds is 2. The van der Waals surface area contributed by atoms with Crippen molar-refractivity contribution in [2.75, 3.05) is 7.11 Å². The van der Waals surface area contributed by atoms with Crippen molar-refractivity contribution >= 4 is 17.3 Å². The quantitative estimate of drug-likeness (QED) is 0.783. The van der Waals surface area contributed by atoms with Gasteiger partial charge in [-0.1, -0.05) is 0 Å². The van der Waals surface area contributed by atoms with Crippen LogP contribution in [0.25, 0.3) is 5.00 Å². The van der Waals surface area contributed by atoms with E-state index in [1.165, 1.54) is 7.11 Å². The molecular weight excluding hydrogens is 248 g/mol. The number of nitrogens with zero attached hydrogens (tertiary/aromatic N) is 2. The number of hydrogen-bond acceptors (Lipinski definition) is 4. The maximum atomic E-state index is 11.7. The van der Waals surface area contributed by atoms with Gasteiger partial charge in [0.2, 0.25) is 0 Å². The van der Waals surface area contributed by atoms with Crippen molar-refractivity contribution < 1.29 is 9.53 Å². The molecule has 0 aliphatic rings. The third-order valence-electron chi connectivity index (χ3n) is 2.92. The summed E-state index contributed by atoms with van der Waals surface area (Å²) in [6, 6.07) is 1.86. The van der Waals surface area contributed by atoms with E-state index in [0.717, 1.165) is 27.1 Å². The fourth-order valence-corrected chi connectivity index (χ4v) is 3.15. The van der Waals surface area contributed by atoms with Gasteiger partial charge in [-0.05, 0) is 33.8 Å². The number of methoxy groups -OCH3 is 1. The van der Waals surface area contributed by atoms with E-state index in [1.54, 1.807) is 11.3 Å². The lowest BCUT2D eigenvalue weighted by Crippen LogP contribution is -2.04. The molecule has 0 bridgehead atoms. The molecule has 0 unspecified atom stereocenters. The summed E-state index contributed by atoms with van der Waals surface area (Å²) in [5.74, 6) is -0.298. The molecule has 0 amide bonds. The Morgan fingerprint density at radius 1 is 1.33 bits per heavy atom. The number of carbonyl (C=O) groups excluding carboxylic acids is 1. The molecule has 0 radical (unpaired) electrons. The van der Waals surface area contributed by atoms with Crippen LogP contribution in [0.15, 0.2) is 6.07 Å². The summed E-state index contributed by atoms with van der Waals surface area (Å²) in [6.07, 6.45) is 0. The van der Waals surface area contributed by atoms with E-state index in [4.69, 9.17) is 4.74 Å². The summed E-state index contributed by atoms with van der Waals surface area (Å²) in [5.41, 5.74) is 3.50. The molecule has 0 saturated heterocycles. The molecule has 5 heteroatoms. The summed E-state index contributed by atoms with van der Waals surface area (Å²) in [6.45, 7) is 7.87. The second-order valence-corrected chi connectivity index (χ2v) is 5.42. The van der Waals surface area contributed by atoms with Crippen LogP contribution in [0.1, 0.15) is 32.4 Å². The minimum atomic E-state index is -0.298. The molecule has 0 fully saturated rings. The van der Waals surface area contributed by atoms with Gasteiger partial charge >= 0.3 is 5.97 Å². The average molecular weight is 264 g/mol. The van der Waals surface area contributed by atoms with Crippen molar-refractivity contribution in [3.63, 3.8) is 0 Å². The molecule has 2 rings (SSSR count). The maximum absolute atomic E-state index is 11.7.